The molecule has 100 valence electrons. The predicted octanol–water partition coefficient (Wildman–Crippen LogP) is 2.07. The van der Waals surface area contributed by atoms with Crippen LogP contribution in [0.5, 0.6) is 0 Å². The summed E-state index contributed by atoms with van der Waals surface area (Å²) < 4.78 is 0. The van der Waals surface area contributed by atoms with Crippen molar-refractivity contribution in [3.8, 4) is 0 Å². The van der Waals surface area contributed by atoms with Crippen molar-refractivity contribution in [3.63, 3.8) is 0 Å². The number of urea groups is 1. The van der Waals surface area contributed by atoms with E-state index < -0.39 is 5.97 Å². The number of rotatable bonds is 9. The van der Waals surface area contributed by atoms with Gasteiger partial charge in [0.1, 0.15) is 0 Å². The maximum Gasteiger partial charge on any atom is 0.317 e. The first-order valence-corrected chi connectivity index (χ1v) is 6.36. The number of hydrogen-bond acceptors (Lipinski definition) is 2. The molecule has 0 atom stereocenters. The van der Waals surface area contributed by atoms with Gasteiger partial charge in [0, 0.05) is 26.1 Å². The number of unbranched alkanes of at least 4 members (excludes halogenated alkanes) is 2. The molecule has 0 unspecified atom stereocenters. The Balaban J connectivity index is 3.64. The number of carboxylic acids is 1. The van der Waals surface area contributed by atoms with Crippen LogP contribution < -0.4 is 5.32 Å². The Kier molecular flexibility index (Phi) is 9.19. The first-order valence-electron chi connectivity index (χ1n) is 6.36. The summed E-state index contributed by atoms with van der Waals surface area (Å²) >= 11 is 0. The molecule has 17 heavy (non-hydrogen) atoms. The lowest BCUT2D eigenvalue weighted by molar-refractivity contribution is -0.137. The van der Waals surface area contributed by atoms with E-state index in [4.69, 9.17) is 5.11 Å². The summed E-state index contributed by atoms with van der Waals surface area (Å²) in [6.45, 7) is 6.10. The van der Waals surface area contributed by atoms with Crippen molar-refractivity contribution in [1.82, 2.24) is 10.2 Å². The monoisotopic (exact) mass is 244 g/mol. The minimum atomic E-state index is -0.783. The highest BCUT2D eigenvalue weighted by molar-refractivity contribution is 5.74. The summed E-state index contributed by atoms with van der Waals surface area (Å²) in [5.74, 6) is -0.783. The Hall–Kier alpha value is -1.26. The number of hydrogen-bond donors (Lipinski definition) is 2. The summed E-state index contributed by atoms with van der Waals surface area (Å²) in [5.41, 5.74) is 0. The number of carbonyl (C=O) groups excluding carboxylic acids is 1. The average molecular weight is 244 g/mol. The summed E-state index contributed by atoms with van der Waals surface area (Å²) in [6.07, 6.45) is 3.58. The molecule has 0 radical (unpaired) electrons. The molecule has 0 aliphatic carbocycles. The number of amides is 2. The van der Waals surface area contributed by atoms with Gasteiger partial charge in [-0.2, -0.15) is 0 Å². The summed E-state index contributed by atoms with van der Waals surface area (Å²) in [7, 11) is 0. The van der Waals surface area contributed by atoms with Crippen molar-refractivity contribution >= 4 is 12.0 Å². The zero-order valence-electron chi connectivity index (χ0n) is 10.9. The molecule has 2 N–H and O–H groups in total. The average Bonchev–Trinajstić information content (AvgIpc) is 2.29. The fraction of sp³-hybridized carbons (Fsp3) is 0.833. The molecule has 2 amide bonds. The van der Waals surface area contributed by atoms with E-state index in [-0.39, 0.29) is 12.5 Å². The SMILES string of the molecule is CCCCN(CC)C(=O)NCCCCC(=O)O. The Morgan fingerprint density at radius 1 is 1.18 bits per heavy atom. The van der Waals surface area contributed by atoms with Crippen LogP contribution >= 0.6 is 0 Å². The molecule has 0 aromatic heterocycles. The number of aliphatic carboxylic acids is 1. The quantitative estimate of drug-likeness (QED) is 0.610. The summed E-state index contributed by atoms with van der Waals surface area (Å²) in [4.78, 5) is 23.7. The van der Waals surface area contributed by atoms with Gasteiger partial charge >= 0.3 is 12.0 Å². The zero-order valence-corrected chi connectivity index (χ0v) is 10.9. The van der Waals surface area contributed by atoms with Gasteiger partial charge in [-0.1, -0.05) is 13.3 Å². The minimum absolute atomic E-state index is 0.0451. The largest absolute Gasteiger partial charge is 0.481 e. The van der Waals surface area contributed by atoms with Crippen LogP contribution in [0.1, 0.15) is 46.0 Å². The molecule has 0 aliphatic rings. The van der Waals surface area contributed by atoms with E-state index in [1.165, 1.54) is 0 Å². The Bertz CT molecular complexity index is 232. The topological polar surface area (TPSA) is 69.6 Å². The van der Waals surface area contributed by atoms with Crippen LogP contribution in [-0.4, -0.2) is 41.6 Å². The molecule has 0 saturated heterocycles. The van der Waals surface area contributed by atoms with Crippen LogP contribution in [0.25, 0.3) is 0 Å². The second-order valence-electron chi connectivity index (χ2n) is 4.02. The third-order valence-corrected chi connectivity index (χ3v) is 2.54. The first kappa shape index (κ1) is 15.7. The molecule has 0 spiro atoms. The van der Waals surface area contributed by atoms with E-state index in [9.17, 15) is 9.59 Å². The van der Waals surface area contributed by atoms with Crippen molar-refractivity contribution in [1.29, 1.82) is 0 Å². The van der Waals surface area contributed by atoms with E-state index in [0.717, 1.165) is 19.4 Å². The van der Waals surface area contributed by atoms with Crippen LogP contribution in [-0.2, 0) is 4.79 Å². The third kappa shape index (κ3) is 8.54. The van der Waals surface area contributed by atoms with E-state index in [1.54, 1.807) is 4.90 Å². The van der Waals surface area contributed by atoms with Crippen LogP contribution in [0.2, 0.25) is 0 Å². The van der Waals surface area contributed by atoms with Gasteiger partial charge in [-0.05, 0) is 26.2 Å². The smallest absolute Gasteiger partial charge is 0.317 e. The molecule has 5 heteroatoms. The lowest BCUT2D eigenvalue weighted by atomic mass is 10.2. The van der Waals surface area contributed by atoms with Crippen molar-refractivity contribution < 1.29 is 14.7 Å². The van der Waals surface area contributed by atoms with E-state index in [1.807, 2.05) is 6.92 Å². The Morgan fingerprint density at radius 3 is 2.41 bits per heavy atom. The van der Waals surface area contributed by atoms with Crippen LogP contribution in [0, 0.1) is 0 Å². The molecule has 0 rings (SSSR count). The third-order valence-electron chi connectivity index (χ3n) is 2.54. The van der Waals surface area contributed by atoms with Crippen molar-refractivity contribution in [3.05, 3.63) is 0 Å². The fourth-order valence-corrected chi connectivity index (χ4v) is 1.46. The summed E-state index contributed by atoms with van der Waals surface area (Å²) in [5, 5.41) is 11.3. The Labute approximate surface area is 103 Å². The van der Waals surface area contributed by atoms with Gasteiger partial charge in [-0.3, -0.25) is 4.79 Å². The number of nitrogens with zero attached hydrogens (tertiary/aromatic N) is 1. The van der Waals surface area contributed by atoms with Crippen LogP contribution in [0.4, 0.5) is 4.79 Å². The van der Waals surface area contributed by atoms with Gasteiger partial charge in [0.05, 0.1) is 0 Å². The van der Waals surface area contributed by atoms with E-state index in [2.05, 4.69) is 12.2 Å². The standard InChI is InChI=1S/C12H24N2O3/c1-3-5-10-14(4-2)12(17)13-9-7-6-8-11(15)16/h3-10H2,1-2H3,(H,13,17)(H,15,16). The fourth-order valence-electron chi connectivity index (χ4n) is 1.46. The van der Waals surface area contributed by atoms with E-state index in [0.29, 0.717) is 25.9 Å². The van der Waals surface area contributed by atoms with Gasteiger partial charge in [-0.15, -0.1) is 0 Å². The van der Waals surface area contributed by atoms with Crippen molar-refractivity contribution in [2.45, 2.75) is 46.0 Å². The van der Waals surface area contributed by atoms with Crippen molar-refractivity contribution in [2.75, 3.05) is 19.6 Å². The van der Waals surface area contributed by atoms with E-state index >= 15 is 0 Å². The lowest BCUT2D eigenvalue weighted by Gasteiger charge is -2.21. The Morgan fingerprint density at radius 2 is 1.88 bits per heavy atom. The maximum atomic E-state index is 11.7. The second kappa shape index (κ2) is 9.93. The number of nitrogens with one attached hydrogen (secondary N) is 1. The molecule has 0 aromatic carbocycles. The minimum Gasteiger partial charge on any atom is -0.481 e. The lowest BCUT2D eigenvalue weighted by Crippen LogP contribution is -2.40. The van der Waals surface area contributed by atoms with Gasteiger partial charge in [0.25, 0.3) is 0 Å². The number of carbonyl (C=O) groups is 2. The molecule has 0 aromatic rings. The molecule has 0 saturated carbocycles. The maximum absolute atomic E-state index is 11.7. The van der Waals surface area contributed by atoms with Gasteiger partial charge in [-0.25, -0.2) is 4.79 Å². The molecule has 5 nitrogen and oxygen atoms in total. The van der Waals surface area contributed by atoms with Gasteiger partial charge < -0.3 is 15.3 Å². The van der Waals surface area contributed by atoms with Crippen molar-refractivity contribution in [2.24, 2.45) is 0 Å². The second-order valence-corrected chi connectivity index (χ2v) is 4.02. The summed E-state index contributed by atoms with van der Waals surface area (Å²) in [6, 6.07) is -0.0451. The zero-order chi connectivity index (χ0) is 13.1. The molecule has 0 aliphatic heterocycles. The number of carboxylic acid groups (broad SMARTS) is 1. The molecular formula is C12H24N2O3. The van der Waals surface area contributed by atoms with Gasteiger partial charge in [0.15, 0.2) is 0 Å². The molecule has 0 bridgehead atoms. The predicted molar refractivity (Wildman–Crippen MR) is 67.0 cm³/mol. The highest BCUT2D eigenvalue weighted by Crippen LogP contribution is 1.97. The van der Waals surface area contributed by atoms with Gasteiger partial charge in [0.2, 0.25) is 0 Å². The molecular weight excluding hydrogens is 220 g/mol. The molecule has 0 fully saturated rings. The highest BCUT2D eigenvalue weighted by atomic mass is 16.4. The highest BCUT2D eigenvalue weighted by Gasteiger charge is 2.09. The van der Waals surface area contributed by atoms with Crippen LogP contribution in [0.3, 0.4) is 0 Å². The van der Waals surface area contributed by atoms with Crippen LogP contribution in [0.15, 0.2) is 0 Å². The molecule has 0 heterocycles. The normalized spacial score (nSPS) is 10.0. The first-order chi connectivity index (χ1) is 8.11.